The molecule has 0 aliphatic heterocycles. The van der Waals surface area contributed by atoms with Gasteiger partial charge in [-0.05, 0) is 24.5 Å². The van der Waals surface area contributed by atoms with Crippen LogP contribution in [0.4, 0.5) is 4.79 Å². The van der Waals surface area contributed by atoms with Gasteiger partial charge in [-0.2, -0.15) is 0 Å². The van der Waals surface area contributed by atoms with Crippen LogP contribution in [0.25, 0.3) is 0 Å². The summed E-state index contributed by atoms with van der Waals surface area (Å²) in [5.41, 5.74) is 0. The number of carbonyl (C=O) groups excluding carboxylic acids is 1. The molecular formula is C14H22N2O4S. The van der Waals surface area contributed by atoms with Gasteiger partial charge in [0.1, 0.15) is 0 Å². The van der Waals surface area contributed by atoms with Crippen LogP contribution in [0.1, 0.15) is 13.3 Å². The van der Waals surface area contributed by atoms with Crippen LogP contribution in [0.3, 0.4) is 0 Å². The SMILES string of the molecule is CC(CO)CNC(=O)NCCCS(=O)(=O)c1ccccc1. The lowest BCUT2D eigenvalue weighted by Gasteiger charge is -2.11. The number of aliphatic hydroxyl groups is 1. The second kappa shape index (κ2) is 8.63. The first-order valence-electron chi connectivity index (χ1n) is 6.86. The number of rotatable bonds is 8. The van der Waals surface area contributed by atoms with E-state index < -0.39 is 9.84 Å². The van der Waals surface area contributed by atoms with Crippen molar-refractivity contribution in [2.75, 3.05) is 25.4 Å². The number of amides is 2. The minimum atomic E-state index is -3.29. The summed E-state index contributed by atoms with van der Waals surface area (Å²) >= 11 is 0. The van der Waals surface area contributed by atoms with Crippen LogP contribution in [-0.4, -0.2) is 45.0 Å². The van der Waals surface area contributed by atoms with Crippen molar-refractivity contribution in [2.45, 2.75) is 18.2 Å². The molecule has 0 saturated heterocycles. The van der Waals surface area contributed by atoms with Gasteiger partial charge in [0, 0.05) is 19.7 Å². The average molecular weight is 314 g/mol. The molecule has 1 rings (SSSR count). The van der Waals surface area contributed by atoms with Crippen LogP contribution in [0.2, 0.25) is 0 Å². The number of carbonyl (C=O) groups is 1. The van der Waals surface area contributed by atoms with Gasteiger partial charge in [0.15, 0.2) is 9.84 Å². The molecule has 1 atom stereocenters. The number of hydrogen-bond acceptors (Lipinski definition) is 4. The molecule has 21 heavy (non-hydrogen) atoms. The summed E-state index contributed by atoms with van der Waals surface area (Å²) in [4.78, 5) is 11.7. The molecule has 0 spiro atoms. The molecular weight excluding hydrogens is 292 g/mol. The van der Waals surface area contributed by atoms with Crippen LogP contribution in [0.5, 0.6) is 0 Å². The van der Waals surface area contributed by atoms with Crippen LogP contribution < -0.4 is 10.6 Å². The molecule has 7 heteroatoms. The molecule has 3 N–H and O–H groups in total. The minimum Gasteiger partial charge on any atom is -0.396 e. The van der Waals surface area contributed by atoms with Crippen molar-refractivity contribution in [1.29, 1.82) is 0 Å². The molecule has 0 heterocycles. The quantitative estimate of drug-likeness (QED) is 0.618. The lowest BCUT2D eigenvalue weighted by atomic mass is 10.2. The first-order chi connectivity index (χ1) is 9.95. The van der Waals surface area contributed by atoms with Gasteiger partial charge in [-0.1, -0.05) is 25.1 Å². The monoisotopic (exact) mass is 314 g/mol. The van der Waals surface area contributed by atoms with Crippen LogP contribution in [0, 0.1) is 5.92 Å². The summed E-state index contributed by atoms with van der Waals surface area (Å²) < 4.78 is 23.9. The first-order valence-corrected chi connectivity index (χ1v) is 8.51. The molecule has 0 bridgehead atoms. The minimum absolute atomic E-state index is 0.00536. The van der Waals surface area contributed by atoms with E-state index in [0.717, 1.165) is 0 Å². The number of nitrogens with one attached hydrogen (secondary N) is 2. The third-order valence-corrected chi connectivity index (χ3v) is 4.72. The van der Waals surface area contributed by atoms with E-state index in [1.54, 1.807) is 30.3 Å². The molecule has 0 aliphatic rings. The molecule has 0 fully saturated rings. The highest BCUT2D eigenvalue weighted by atomic mass is 32.2. The Morgan fingerprint density at radius 3 is 2.52 bits per heavy atom. The van der Waals surface area contributed by atoms with Crippen molar-refractivity contribution in [2.24, 2.45) is 5.92 Å². The fourth-order valence-corrected chi connectivity index (χ4v) is 2.94. The zero-order valence-corrected chi connectivity index (χ0v) is 12.9. The molecule has 1 aromatic carbocycles. The Morgan fingerprint density at radius 2 is 1.90 bits per heavy atom. The third kappa shape index (κ3) is 6.59. The van der Waals surface area contributed by atoms with E-state index in [1.807, 2.05) is 6.92 Å². The Labute approximate surface area is 125 Å². The Bertz CT molecular complexity index is 531. The predicted molar refractivity (Wildman–Crippen MR) is 80.8 cm³/mol. The topological polar surface area (TPSA) is 95.5 Å². The van der Waals surface area contributed by atoms with Crippen LogP contribution in [0.15, 0.2) is 35.2 Å². The van der Waals surface area contributed by atoms with Crippen LogP contribution >= 0.6 is 0 Å². The number of sulfone groups is 1. The smallest absolute Gasteiger partial charge is 0.314 e. The molecule has 0 radical (unpaired) electrons. The van der Waals surface area contributed by atoms with Crippen LogP contribution in [-0.2, 0) is 9.84 Å². The third-order valence-electron chi connectivity index (χ3n) is 2.90. The normalized spacial score (nSPS) is 12.7. The summed E-state index contributed by atoms with van der Waals surface area (Å²) in [6.07, 6.45) is 0.347. The highest BCUT2D eigenvalue weighted by Crippen LogP contribution is 2.10. The maximum Gasteiger partial charge on any atom is 0.314 e. The Hall–Kier alpha value is -1.60. The molecule has 1 unspecified atom stereocenters. The highest BCUT2D eigenvalue weighted by Gasteiger charge is 2.13. The predicted octanol–water partition coefficient (Wildman–Crippen LogP) is 0.778. The van der Waals surface area contributed by atoms with E-state index in [2.05, 4.69) is 10.6 Å². The summed E-state index contributed by atoms with van der Waals surface area (Å²) in [5, 5.41) is 14.0. The molecule has 6 nitrogen and oxygen atoms in total. The first kappa shape index (κ1) is 17.5. The fourth-order valence-electron chi connectivity index (χ4n) is 1.60. The van der Waals surface area contributed by atoms with Gasteiger partial charge in [-0.15, -0.1) is 0 Å². The molecule has 0 aliphatic carbocycles. The summed E-state index contributed by atoms with van der Waals surface area (Å²) in [6, 6.07) is 7.89. The number of benzene rings is 1. The van der Waals surface area contributed by atoms with E-state index in [4.69, 9.17) is 5.11 Å². The standard InChI is InChI=1S/C14H22N2O4S/c1-12(11-17)10-16-14(18)15-8-5-9-21(19,20)13-6-3-2-4-7-13/h2-4,6-7,12,17H,5,8-11H2,1H3,(H2,15,16,18). The molecule has 0 aromatic heterocycles. The number of hydrogen-bond donors (Lipinski definition) is 3. The second-order valence-electron chi connectivity index (χ2n) is 4.91. The van der Waals surface area contributed by atoms with Crippen molar-refractivity contribution in [3.05, 3.63) is 30.3 Å². The molecule has 0 saturated carbocycles. The van der Waals surface area contributed by atoms with Gasteiger partial charge >= 0.3 is 6.03 Å². The summed E-state index contributed by atoms with van der Waals surface area (Å²) in [7, 11) is -3.29. The Morgan fingerprint density at radius 1 is 1.24 bits per heavy atom. The largest absolute Gasteiger partial charge is 0.396 e. The van der Waals surface area contributed by atoms with Gasteiger partial charge in [0.25, 0.3) is 0 Å². The number of aliphatic hydroxyl groups excluding tert-OH is 1. The molecule has 118 valence electrons. The average Bonchev–Trinajstić information content (AvgIpc) is 2.50. The summed E-state index contributed by atoms with van der Waals surface area (Å²) in [6.45, 7) is 2.48. The van der Waals surface area contributed by atoms with E-state index in [0.29, 0.717) is 17.9 Å². The van der Waals surface area contributed by atoms with Gasteiger partial charge in [0.2, 0.25) is 0 Å². The zero-order valence-electron chi connectivity index (χ0n) is 12.1. The summed E-state index contributed by atoms with van der Waals surface area (Å²) in [5.74, 6) is -0.0149. The van der Waals surface area contributed by atoms with Crippen molar-refractivity contribution < 1.29 is 18.3 Å². The van der Waals surface area contributed by atoms with Gasteiger partial charge in [-0.3, -0.25) is 0 Å². The lowest BCUT2D eigenvalue weighted by Crippen LogP contribution is -2.39. The fraction of sp³-hybridized carbons (Fsp3) is 0.500. The number of urea groups is 1. The lowest BCUT2D eigenvalue weighted by molar-refractivity contribution is 0.222. The highest BCUT2D eigenvalue weighted by molar-refractivity contribution is 7.91. The molecule has 1 aromatic rings. The van der Waals surface area contributed by atoms with Crippen molar-refractivity contribution in [1.82, 2.24) is 10.6 Å². The van der Waals surface area contributed by atoms with Crippen molar-refractivity contribution in [3.8, 4) is 0 Å². The van der Waals surface area contributed by atoms with Crippen molar-refractivity contribution in [3.63, 3.8) is 0 Å². The van der Waals surface area contributed by atoms with Crippen molar-refractivity contribution >= 4 is 15.9 Å². The maximum absolute atomic E-state index is 12.0. The van der Waals surface area contributed by atoms with Gasteiger partial charge in [-0.25, -0.2) is 13.2 Å². The molecule has 2 amide bonds. The second-order valence-corrected chi connectivity index (χ2v) is 7.02. The maximum atomic E-state index is 12.0. The Balaban J connectivity index is 2.26. The Kier molecular flexibility index (Phi) is 7.18. The van der Waals surface area contributed by atoms with Gasteiger partial charge in [0.05, 0.1) is 10.6 Å². The van der Waals surface area contributed by atoms with E-state index in [9.17, 15) is 13.2 Å². The van der Waals surface area contributed by atoms with E-state index in [1.165, 1.54) is 0 Å². The van der Waals surface area contributed by atoms with E-state index in [-0.39, 0.29) is 30.9 Å². The van der Waals surface area contributed by atoms with Gasteiger partial charge < -0.3 is 15.7 Å². The zero-order chi connectivity index (χ0) is 15.7. The van der Waals surface area contributed by atoms with E-state index >= 15 is 0 Å².